The first-order chi connectivity index (χ1) is 11.3. The van der Waals surface area contributed by atoms with Crippen molar-refractivity contribution in [1.29, 1.82) is 10.5 Å². The number of aromatic nitrogens is 1. The molecule has 0 amide bonds. The molecular weight excluding hydrogens is 306 g/mol. The summed E-state index contributed by atoms with van der Waals surface area (Å²) in [4.78, 5) is 4.57. The maximum absolute atomic E-state index is 9.53. The van der Waals surface area contributed by atoms with Gasteiger partial charge in [0.2, 0.25) is 0 Å². The van der Waals surface area contributed by atoms with E-state index in [0.29, 0.717) is 21.9 Å². The Morgan fingerprint density at radius 2 is 1.91 bits per heavy atom. The summed E-state index contributed by atoms with van der Waals surface area (Å²) in [5.74, 6) is 0.845. The van der Waals surface area contributed by atoms with Gasteiger partial charge in [-0.25, -0.2) is 4.98 Å². The predicted molar refractivity (Wildman–Crippen MR) is 88.4 cm³/mol. The molecule has 0 aliphatic rings. The molecule has 2 aromatic heterocycles. The van der Waals surface area contributed by atoms with E-state index in [1.54, 1.807) is 12.3 Å². The average Bonchev–Trinajstić information content (AvgIpc) is 3.14. The minimum atomic E-state index is 0.234. The summed E-state index contributed by atoms with van der Waals surface area (Å²) in [6.07, 6.45) is 1.57. The summed E-state index contributed by atoms with van der Waals surface area (Å²) in [7, 11) is 0. The summed E-state index contributed by atoms with van der Waals surface area (Å²) >= 11 is 1.26. The van der Waals surface area contributed by atoms with Crippen LogP contribution < -0.4 is 0 Å². The highest BCUT2D eigenvalue weighted by atomic mass is 32.2. The molecule has 0 unspecified atom stereocenters. The Bertz CT molecular complexity index is 891. The Kier molecular flexibility index (Phi) is 4.42. The Labute approximate surface area is 138 Å². The van der Waals surface area contributed by atoms with E-state index < -0.39 is 0 Å². The summed E-state index contributed by atoms with van der Waals surface area (Å²) < 4.78 is 5.46. The highest BCUT2D eigenvalue weighted by Crippen LogP contribution is 2.34. The van der Waals surface area contributed by atoms with Crippen LogP contribution >= 0.6 is 11.8 Å². The molecule has 3 rings (SSSR count). The second-order valence-electron chi connectivity index (χ2n) is 4.64. The molecule has 0 aliphatic heterocycles. The predicted octanol–water partition coefficient (Wildman–Crippen LogP) is 4.50. The number of hydrogen-bond acceptors (Lipinski definition) is 5. The molecule has 0 saturated carbocycles. The molecular formula is C18H11N3OS. The molecule has 0 bridgehead atoms. The van der Waals surface area contributed by atoms with Crippen LogP contribution in [-0.2, 0) is 0 Å². The minimum Gasteiger partial charge on any atom is -0.464 e. The van der Waals surface area contributed by atoms with Gasteiger partial charge in [0.15, 0.2) is 0 Å². The zero-order chi connectivity index (χ0) is 16.1. The van der Waals surface area contributed by atoms with Crippen LogP contribution in [-0.4, -0.2) is 10.7 Å². The van der Waals surface area contributed by atoms with E-state index >= 15 is 0 Å². The van der Waals surface area contributed by atoms with Crippen LogP contribution in [0.5, 0.6) is 0 Å². The molecule has 23 heavy (non-hydrogen) atoms. The van der Waals surface area contributed by atoms with E-state index in [-0.39, 0.29) is 5.75 Å². The third-order valence-electron chi connectivity index (χ3n) is 3.23. The van der Waals surface area contributed by atoms with E-state index in [0.717, 1.165) is 11.3 Å². The molecule has 110 valence electrons. The number of hydrogen-bond donors (Lipinski definition) is 0. The standard InChI is InChI=1S/C18H11N3OS/c19-8-10-23-18-15(12-20)14(17-7-4-9-22-17)11-16(21-18)13-5-2-1-3-6-13/h1-7,9,11H,10H2. The topological polar surface area (TPSA) is 73.6 Å². The highest BCUT2D eigenvalue weighted by Gasteiger charge is 2.17. The number of furan rings is 1. The monoisotopic (exact) mass is 317 g/mol. The highest BCUT2D eigenvalue weighted by molar-refractivity contribution is 7.99. The average molecular weight is 317 g/mol. The number of nitriles is 2. The van der Waals surface area contributed by atoms with E-state index in [2.05, 4.69) is 17.1 Å². The van der Waals surface area contributed by atoms with Crippen molar-refractivity contribution in [2.45, 2.75) is 5.03 Å². The van der Waals surface area contributed by atoms with Crippen LogP contribution in [0.15, 0.2) is 64.2 Å². The van der Waals surface area contributed by atoms with E-state index in [1.165, 1.54) is 11.8 Å². The lowest BCUT2D eigenvalue weighted by atomic mass is 10.0. The van der Waals surface area contributed by atoms with Gasteiger partial charge < -0.3 is 4.42 Å². The van der Waals surface area contributed by atoms with Crippen LogP contribution in [0.2, 0.25) is 0 Å². The van der Waals surface area contributed by atoms with Crippen molar-refractivity contribution >= 4 is 11.8 Å². The van der Waals surface area contributed by atoms with E-state index in [9.17, 15) is 5.26 Å². The molecule has 0 spiro atoms. The lowest BCUT2D eigenvalue weighted by molar-refractivity contribution is 0.582. The first-order valence-corrected chi connectivity index (χ1v) is 7.86. The van der Waals surface area contributed by atoms with Gasteiger partial charge in [0, 0.05) is 11.1 Å². The van der Waals surface area contributed by atoms with Crippen molar-refractivity contribution in [2.24, 2.45) is 0 Å². The molecule has 1 aromatic carbocycles. The molecule has 0 N–H and O–H groups in total. The molecule has 0 aliphatic carbocycles. The lowest BCUT2D eigenvalue weighted by Gasteiger charge is -2.10. The molecule has 3 aromatic rings. The van der Waals surface area contributed by atoms with Crippen LogP contribution in [0, 0.1) is 22.7 Å². The first-order valence-electron chi connectivity index (χ1n) is 6.87. The fourth-order valence-electron chi connectivity index (χ4n) is 2.22. The fourth-order valence-corrected chi connectivity index (χ4v) is 2.88. The van der Waals surface area contributed by atoms with Crippen molar-refractivity contribution in [1.82, 2.24) is 4.98 Å². The smallest absolute Gasteiger partial charge is 0.135 e. The number of thioether (sulfide) groups is 1. The first kappa shape index (κ1) is 14.9. The molecule has 5 heteroatoms. The SMILES string of the molecule is N#CCSc1nc(-c2ccccc2)cc(-c2ccco2)c1C#N. The van der Waals surface area contributed by atoms with Gasteiger partial charge in [-0.1, -0.05) is 42.1 Å². The van der Waals surface area contributed by atoms with Gasteiger partial charge in [-0.3, -0.25) is 0 Å². The van der Waals surface area contributed by atoms with Gasteiger partial charge in [-0.15, -0.1) is 0 Å². The van der Waals surface area contributed by atoms with Gasteiger partial charge in [-0.05, 0) is 18.2 Å². The molecule has 2 heterocycles. The number of pyridine rings is 1. The van der Waals surface area contributed by atoms with E-state index in [4.69, 9.17) is 9.68 Å². The van der Waals surface area contributed by atoms with Crippen molar-refractivity contribution in [2.75, 3.05) is 5.75 Å². The molecule has 0 atom stereocenters. The molecule has 0 saturated heterocycles. The van der Waals surface area contributed by atoms with E-state index in [1.807, 2.05) is 42.5 Å². The number of rotatable bonds is 4. The van der Waals surface area contributed by atoms with Crippen LogP contribution in [0.1, 0.15) is 5.56 Å². The zero-order valence-corrected chi connectivity index (χ0v) is 12.9. The summed E-state index contributed by atoms with van der Waals surface area (Å²) in [6.45, 7) is 0. The zero-order valence-electron chi connectivity index (χ0n) is 12.1. The van der Waals surface area contributed by atoms with Gasteiger partial charge in [0.05, 0.1) is 29.3 Å². The van der Waals surface area contributed by atoms with Crippen molar-refractivity contribution in [3.05, 3.63) is 60.4 Å². The van der Waals surface area contributed by atoms with Crippen molar-refractivity contribution < 1.29 is 4.42 Å². The van der Waals surface area contributed by atoms with Crippen LogP contribution in [0.3, 0.4) is 0 Å². The maximum Gasteiger partial charge on any atom is 0.135 e. The molecule has 0 radical (unpaired) electrons. The fraction of sp³-hybridized carbons (Fsp3) is 0.0556. The van der Waals surface area contributed by atoms with Crippen LogP contribution in [0.4, 0.5) is 0 Å². The molecule has 0 fully saturated rings. The van der Waals surface area contributed by atoms with Crippen molar-refractivity contribution in [3.63, 3.8) is 0 Å². The second kappa shape index (κ2) is 6.83. The number of nitrogens with zero attached hydrogens (tertiary/aromatic N) is 3. The maximum atomic E-state index is 9.53. The van der Waals surface area contributed by atoms with Crippen LogP contribution in [0.25, 0.3) is 22.6 Å². The van der Waals surface area contributed by atoms with Gasteiger partial charge in [0.1, 0.15) is 16.9 Å². The summed E-state index contributed by atoms with van der Waals surface area (Å²) in [5, 5.41) is 18.9. The minimum absolute atomic E-state index is 0.234. The second-order valence-corrected chi connectivity index (χ2v) is 5.60. The Morgan fingerprint density at radius 3 is 2.57 bits per heavy atom. The largest absolute Gasteiger partial charge is 0.464 e. The Hall–Kier alpha value is -3.02. The Balaban J connectivity index is 2.21. The summed E-state index contributed by atoms with van der Waals surface area (Å²) in [6, 6.07) is 19.4. The third kappa shape index (κ3) is 3.11. The van der Waals surface area contributed by atoms with Gasteiger partial charge >= 0.3 is 0 Å². The number of benzene rings is 1. The van der Waals surface area contributed by atoms with Gasteiger partial charge in [-0.2, -0.15) is 10.5 Å². The lowest BCUT2D eigenvalue weighted by Crippen LogP contribution is -1.95. The molecule has 4 nitrogen and oxygen atoms in total. The third-order valence-corrected chi connectivity index (χ3v) is 4.07. The summed E-state index contributed by atoms with van der Waals surface area (Å²) in [5.41, 5.74) is 2.81. The van der Waals surface area contributed by atoms with Crippen molar-refractivity contribution in [3.8, 4) is 34.7 Å². The van der Waals surface area contributed by atoms with Gasteiger partial charge in [0.25, 0.3) is 0 Å². The normalized spacial score (nSPS) is 10.0. The quantitative estimate of drug-likeness (QED) is 0.662. The Morgan fingerprint density at radius 1 is 1.09 bits per heavy atom.